The molecule has 1 aliphatic heterocycles. The van der Waals surface area contributed by atoms with Crippen molar-refractivity contribution in [3.05, 3.63) is 35.9 Å². The van der Waals surface area contributed by atoms with E-state index in [9.17, 15) is 0 Å². The second-order valence-corrected chi connectivity index (χ2v) is 9.33. The largest absolute Gasteiger partial charge is 0.382 e. The molecule has 2 aliphatic rings. The van der Waals surface area contributed by atoms with Crippen molar-refractivity contribution in [1.82, 2.24) is 15.5 Å². The molecule has 176 valence electrons. The molecule has 0 spiro atoms. The van der Waals surface area contributed by atoms with E-state index in [1.807, 2.05) is 7.05 Å². The molecular formula is C25H43IN4O. The third-order valence-electron chi connectivity index (χ3n) is 7.08. The van der Waals surface area contributed by atoms with Gasteiger partial charge in [-0.15, -0.1) is 24.0 Å². The summed E-state index contributed by atoms with van der Waals surface area (Å²) in [5.41, 5.74) is 1.78. The number of aliphatic imine (C=N–C) groups is 1. The zero-order valence-corrected chi connectivity index (χ0v) is 22.1. The molecule has 1 heterocycles. The van der Waals surface area contributed by atoms with E-state index in [0.29, 0.717) is 17.4 Å². The van der Waals surface area contributed by atoms with Gasteiger partial charge in [-0.2, -0.15) is 0 Å². The molecule has 2 unspecified atom stereocenters. The molecule has 2 N–H and O–H groups in total. The Bertz CT molecular complexity index is 648. The Hall–Kier alpha value is -0.860. The molecule has 0 bridgehead atoms. The Kier molecular flexibility index (Phi) is 11.6. The van der Waals surface area contributed by atoms with Gasteiger partial charge in [-0.25, -0.2) is 0 Å². The molecule has 6 heteroatoms. The topological polar surface area (TPSA) is 48.9 Å². The van der Waals surface area contributed by atoms with Crippen LogP contribution in [0.2, 0.25) is 0 Å². The van der Waals surface area contributed by atoms with Gasteiger partial charge in [-0.05, 0) is 56.4 Å². The molecule has 1 aliphatic carbocycles. The average molecular weight is 543 g/mol. The third-order valence-corrected chi connectivity index (χ3v) is 7.08. The molecule has 2 atom stereocenters. The summed E-state index contributed by atoms with van der Waals surface area (Å²) in [4.78, 5) is 7.10. The predicted octanol–water partition coefficient (Wildman–Crippen LogP) is 4.67. The van der Waals surface area contributed by atoms with Gasteiger partial charge >= 0.3 is 0 Å². The molecule has 2 fully saturated rings. The number of rotatable bonds is 10. The van der Waals surface area contributed by atoms with Crippen LogP contribution >= 0.6 is 24.0 Å². The van der Waals surface area contributed by atoms with Crippen LogP contribution in [-0.4, -0.2) is 56.8 Å². The van der Waals surface area contributed by atoms with Crippen LogP contribution in [0.3, 0.4) is 0 Å². The molecule has 1 saturated heterocycles. The van der Waals surface area contributed by atoms with E-state index in [4.69, 9.17) is 4.74 Å². The summed E-state index contributed by atoms with van der Waals surface area (Å²) in [5, 5.41) is 7.24. The second-order valence-electron chi connectivity index (χ2n) is 9.33. The van der Waals surface area contributed by atoms with Crippen LogP contribution in [-0.2, 0) is 11.3 Å². The minimum atomic E-state index is 0. The van der Waals surface area contributed by atoms with Gasteiger partial charge in [-0.3, -0.25) is 9.89 Å². The van der Waals surface area contributed by atoms with Gasteiger partial charge in [0, 0.05) is 52.5 Å². The van der Waals surface area contributed by atoms with E-state index in [-0.39, 0.29) is 24.0 Å². The lowest BCUT2D eigenvalue weighted by atomic mass is 9.83. The predicted molar refractivity (Wildman–Crippen MR) is 141 cm³/mol. The Morgan fingerprint density at radius 3 is 2.61 bits per heavy atom. The number of hydrogen-bond donors (Lipinski definition) is 2. The van der Waals surface area contributed by atoms with Crippen molar-refractivity contribution in [3.8, 4) is 0 Å². The molecule has 5 nitrogen and oxygen atoms in total. The highest BCUT2D eigenvalue weighted by atomic mass is 127. The minimum Gasteiger partial charge on any atom is -0.382 e. The fourth-order valence-corrected chi connectivity index (χ4v) is 5.21. The Labute approximate surface area is 206 Å². The summed E-state index contributed by atoms with van der Waals surface area (Å²) < 4.78 is 5.65. The number of nitrogens with zero attached hydrogens (tertiary/aromatic N) is 2. The molecule has 1 aromatic rings. The third kappa shape index (κ3) is 8.21. The van der Waals surface area contributed by atoms with E-state index in [0.717, 1.165) is 51.8 Å². The van der Waals surface area contributed by atoms with Gasteiger partial charge in [0.15, 0.2) is 5.96 Å². The molecular weight excluding hydrogens is 499 g/mol. The van der Waals surface area contributed by atoms with Crippen LogP contribution in [0.4, 0.5) is 0 Å². The first kappa shape index (κ1) is 26.4. The summed E-state index contributed by atoms with van der Waals surface area (Å²) >= 11 is 0. The first-order chi connectivity index (χ1) is 14.6. The maximum atomic E-state index is 5.65. The lowest BCUT2D eigenvalue weighted by Gasteiger charge is -2.30. The van der Waals surface area contributed by atoms with Gasteiger partial charge in [-0.1, -0.05) is 43.2 Å². The van der Waals surface area contributed by atoms with Crippen LogP contribution in [0.1, 0.15) is 57.9 Å². The van der Waals surface area contributed by atoms with Crippen molar-refractivity contribution in [1.29, 1.82) is 0 Å². The number of hydrogen-bond acceptors (Lipinski definition) is 3. The number of nitrogens with one attached hydrogen (secondary N) is 2. The Balaban J connectivity index is 0.00000341. The van der Waals surface area contributed by atoms with Crippen molar-refractivity contribution >= 4 is 29.9 Å². The fraction of sp³-hybridized carbons (Fsp3) is 0.720. The standard InChI is InChI=1S/C25H42N4O.HI/c1-4-30-15-14-25(12-8-9-13-25)20-28-24(26-3)27-17-23-16-21(2)29(19-23)18-22-10-6-5-7-11-22;/h5-7,10-11,21,23H,4,8-9,12-20H2,1-3H3,(H2,26,27,28);1H. The summed E-state index contributed by atoms with van der Waals surface area (Å²) in [7, 11) is 1.88. The molecule has 0 amide bonds. The normalized spacial score (nSPS) is 23.5. The van der Waals surface area contributed by atoms with E-state index >= 15 is 0 Å². The van der Waals surface area contributed by atoms with E-state index in [1.165, 1.54) is 37.7 Å². The Morgan fingerprint density at radius 1 is 1.19 bits per heavy atom. The fourth-order valence-electron chi connectivity index (χ4n) is 5.21. The van der Waals surface area contributed by atoms with E-state index < -0.39 is 0 Å². The van der Waals surface area contributed by atoms with Gasteiger partial charge in [0.25, 0.3) is 0 Å². The lowest BCUT2D eigenvalue weighted by molar-refractivity contribution is 0.105. The molecule has 1 aromatic carbocycles. The van der Waals surface area contributed by atoms with Crippen molar-refractivity contribution in [3.63, 3.8) is 0 Å². The van der Waals surface area contributed by atoms with Crippen molar-refractivity contribution in [2.45, 2.75) is 65.0 Å². The number of guanidine groups is 1. The maximum absolute atomic E-state index is 5.65. The molecule has 1 saturated carbocycles. The van der Waals surface area contributed by atoms with Crippen molar-refractivity contribution in [2.75, 3.05) is 39.9 Å². The highest BCUT2D eigenvalue weighted by molar-refractivity contribution is 14.0. The SMILES string of the molecule is CCOCCC1(CNC(=NC)NCC2CC(C)N(Cc3ccccc3)C2)CCCC1.I. The summed E-state index contributed by atoms with van der Waals surface area (Å²) in [6.45, 7) is 10.3. The number of benzene rings is 1. The zero-order chi connectivity index (χ0) is 21.2. The number of likely N-dealkylation sites (tertiary alicyclic amines) is 1. The smallest absolute Gasteiger partial charge is 0.191 e. The monoisotopic (exact) mass is 542 g/mol. The van der Waals surface area contributed by atoms with Gasteiger partial charge in [0.05, 0.1) is 0 Å². The van der Waals surface area contributed by atoms with Gasteiger partial charge in [0.1, 0.15) is 0 Å². The zero-order valence-electron chi connectivity index (χ0n) is 19.7. The summed E-state index contributed by atoms with van der Waals surface area (Å²) in [5.74, 6) is 1.62. The number of halogens is 1. The van der Waals surface area contributed by atoms with Crippen LogP contribution in [0, 0.1) is 11.3 Å². The van der Waals surface area contributed by atoms with Crippen LogP contribution < -0.4 is 10.6 Å². The molecule has 3 rings (SSSR count). The van der Waals surface area contributed by atoms with Crippen molar-refractivity contribution in [2.24, 2.45) is 16.3 Å². The number of ether oxygens (including phenoxy) is 1. The average Bonchev–Trinajstić information content (AvgIpc) is 3.36. The Morgan fingerprint density at radius 2 is 1.94 bits per heavy atom. The first-order valence-corrected chi connectivity index (χ1v) is 11.9. The highest BCUT2D eigenvalue weighted by Gasteiger charge is 2.34. The second kappa shape index (κ2) is 13.6. The first-order valence-electron chi connectivity index (χ1n) is 11.9. The lowest BCUT2D eigenvalue weighted by Crippen LogP contribution is -2.45. The highest BCUT2D eigenvalue weighted by Crippen LogP contribution is 2.40. The van der Waals surface area contributed by atoms with Crippen LogP contribution in [0.5, 0.6) is 0 Å². The summed E-state index contributed by atoms with van der Waals surface area (Å²) in [6.07, 6.45) is 7.69. The quantitative estimate of drug-likeness (QED) is 0.195. The molecule has 31 heavy (non-hydrogen) atoms. The van der Waals surface area contributed by atoms with Gasteiger partial charge in [0.2, 0.25) is 0 Å². The van der Waals surface area contributed by atoms with Crippen molar-refractivity contribution < 1.29 is 4.74 Å². The maximum Gasteiger partial charge on any atom is 0.191 e. The minimum absolute atomic E-state index is 0. The van der Waals surface area contributed by atoms with E-state index in [2.05, 4.69) is 64.7 Å². The van der Waals surface area contributed by atoms with Crippen LogP contribution in [0.25, 0.3) is 0 Å². The van der Waals surface area contributed by atoms with E-state index in [1.54, 1.807) is 0 Å². The molecule has 0 radical (unpaired) electrons. The van der Waals surface area contributed by atoms with Crippen LogP contribution in [0.15, 0.2) is 35.3 Å². The van der Waals surface area contributed by atoms with Gasteiger partial charge < -0.3 is 15.4 Å². The summed E-state index contributed by atoms with van der Waals surface area (Å²) in [6, 6.07) is 11.5. The molecule has 0 aromatic heterocycles.